The van der Waals surface area contributed by atoms with Gasteiger partial charge in [0.15, 0.2) is 0 Å². The van der Waals surface area contributed by atoms with Gasteiger partial charge in [0.05, 0.1) is 11.7 Å². The molecule has 0 aromatic rings. The van der Waals surface area contributed by atoms with Crippen LogP contribution in [-0.4, -0.2) is 34.5 Å². The topological polar surface area (TPSA) is 52.5 Å². The number of nitrogens with one attached hydrogen (secondary N) is 1. The van der Waals surface area contributed by atoms with Crippen molar-refractivity contribution in [2.75, 3.05) is 6.54 Å². The highest BCUT2D eigenvalue weighted by Gasteiger charge is 2.35. The summed E-state index contributed by atoms with van der Waals surface area (Å²) in [6, 6.07) is 0.206. The fourth-order valence-corrected chi connectivity index (χ4v) is 2.61. The maximum absolute atomic E-state index is 9.95. The molecule has 3 N–H and O–H groups in total. The van der Waals surface area contributed by atoms with Crippen LogP contribution in [0.2, 0.25) is 0 Å². The zero-order chi connectivity index (χ0) is 10.7. The summed E-state index contributed by atoms with van der Waals surface area (Å²) in [5, 5.41) is 23.2. The third-order valence-corrected chi connectivity index (χ3v) is 3.96. The molecule has 0 bridgehead atoms. The smallest absolute Gasteiger partial charge is 0.0771 e. The Morgan fingerprint density at radius 1 is 1.07 bits per heavy atom. The molecular weight excluding hydrogens is 190 g/mol. The second-order valence-corrected chi connectivity index (χ2v) is 5.27. The molecule has 88 valence electrons. The lowest BCUT2D eigenvalue weighted by Crippen LogP contribution is -2.51. The highest BCUT2D eigenvalue weighted by Crippen LogP contribution is 2.31. The Morgan fingerprint density at radius 3 is 2.47 bits per heavy atom. The van der Waals surface area contributed by atoms with Crippen LogP contribution in [0.4, 0.5) is 0 Å². The molecule has 2 atom stereocenters. The lowest BCUT2D eigenvalue weighted by Gasteiger charge is -2.38. The zero-order valence-electron chi connectivity index (χ0n) is 9.41. The molecule has 0 spiro atoms. The minimum absolute atomic E-state index is 0.206. The molecule has 2 unspecified atom stereocenters. The van der Waals surface area contributed by atoms with Gasteiger partial charge >= 0.3 is 0 Å². The first kappa shape index (κ1) is 11.4. The minimum Gasteiger partial charge on any atom is -0.392 e. The molecule has 0 aromatic carbocycles. The molecule has 2 aliphatic rings. The van der Waals surface area contributed by atoms with Gasteiger partial charge in [0.25, 0.3) is 0 Å². The van der Waals surface area contributed by atoms with Gasteiger partial charge in [-0.15, -0.1) is 0 Å². The van der Waals surface area contributed by atoms with Gasteiger partial charge in [-0.1, -0.05) is 19.3 Å². The van der Waals surface area contributed by atoms with E-state index in [1.165, 1.54) is 12.8 Å². The number of hydrogen-bond acceptors (Lipinski definition) is 3. The van der Waals surface area contributed by atoms with E-state index in [1.807, 2.05) is 0 Å². The summed E-state index contributed by atoms with van der Waals surface area (Å²) in [6.07, 6.45) is 8.32. The average molecular weight is 213 g/mol. The van der Waals surface area contributed by atoms with Crippen molar-refractivity contribution < 1.29 is 10.2 Å². The van der Waals surface area contributed by atoms with Gasteiger partial charge in [-0.05, 0) is 32.1 Å². The molecule has 2 fully saturated rings. The molecule has 3 nitrogen and oxygen atoms in total. The fourth-order valence-electron chi connectivity index (χ4n) is 2.61. The molecule has 3 heteroatoms. The van der Waals surface area contributed by atoms with E-state index in [9.17, 15) is 10.2 Å². The SMILES string of the molecule is OC1CCCCCC1NCC1(O)CCC1. The summed E-state index contributed by atoms with van der Waals surface area (Å²) in [7, 11) is 0. The normalized spacial score (nSPS) is 35.6. The molecule has 2 rings (SSSR count). The first-order valence-electron chi connectivity index (χ1n) is 6.33. The summed E-state index contributed by atoms with van der Waals surface area (Å²) >= 11 is 0. The molecule has 0 heterocycles. The number of hydrogen-bond donors (Lipinski definition) is 3. The fraction of sp³-hybridized carbons (Fsp3) is 1.00. The summed E-state index contributed by atoms with van der Waals surface area (Å²) in [4.78, 5) is 0. The first-order valence-corrected chi connectivity index (χ1v) is 6.33. The van der Waals surface area contributed by atoms with Gasteiger partial charge in [-0.2, -0.15) is 0 Å². The van der Waals surface area contributed by atoms with E-state index in [2.05, 4.69) is 5.32 Å². The van der Waals surface area contributed by atoms with Crippen molar-refractivity contribution in [3.8, 4) is 0 Å². The van der Waals surface area contributed by atoms with Crippen LogP contribution >= 0.6 is 0 Å². The van der Waals surface area contributed by atoms with Crippen molar-refractivity contribution in [3.05, 3.63) is 0 Å². The molecule has 0 aliphatic heterocycles. The van der Waals surface area contributed by atoms with Gasteiger partial charge in [-0.25, -0.2) is 0 Å². The second kappa shape index (κ2) is 4.81. The Hall–Kier alpha value is -0.120. The summed E-state index contributed by atoms with van der Waals surface area (Å²) in [5.41, 5.74) is -0.466. The Kier molecular flexibility index (Phi) is 3.65. The quantitative estimate of drug-likeness (QED) is 0.617. The van der Waals surface area contributed by atoms with Gasteiger partial charge in [0, 0.05) is 12.6 Å². The van der Waals surface area contributed by atoms with E-state index in [0.717, 1.165) is 38.5 Å². The zero-order valence-corrected chi connectivity index (χ0v) is 9.41. The third kappa shape index (κ3) is 2.92. The predicted octanol–water partition coefficient (Wildman–Crippen LogP) is 1.18. The van der Waals surface area contributed by atoms with Crippen LogP contribution in [0.1, 0.15) is 51.4 Å². The Bertz CT molecular complexity index is 204. The maximum atomic E-state index is 9.95. The van der Waals surface area contributed by atoms with Gasteiger partial charge in [0.2, 0.25) is 0 Å². The highest BCUT2D eigenvalue weighted by atomic mass is 16.3. The number of aliphatic hydroxyl groups excluding tert-OH is 1. The van der Waals surface area contributed by atoms with Crippen LogP contribution in [0.15, 0.2) is 0 Å². The van der Waals surface area contributed by atoms with Crippen LogP contribution in [0.3, 0.4) is 0 Å². The van der Waals surface area contributed by atoms with Crippen molar-refractivity contribution >= 4 is 0 Å². The lowest BCUT2D eigenvalue weighted by atomic mass is 9.80. The molecule has 2 aliphatic carbocycles. The average Bonchev–Trinajstić information content (AvgIpc) is 2.37. The molecule has 0 amide bonds. The van der Waals surface area contributed by atoms with E-state index >= 15 is 0 Å². The number of rotatable bonds is 3. The molecule has 15 heavy (non-hydrogen) atoms. The minimum atomic E-state index is -0.466. The van der Waals surface area contributed by atoms with Crippen LogP contribution in [0.25, 0.3) is 0 Å². The largest absolute Gasteiger partial charge is 0.392 e. The maximum Gasteiger partial charge on any atom is 0.0771 e. The third-order valence-electron chi connectivity index (χ3n) is 3.96. The van der Waals surface area contributed by atoms with Crippen LogP contribution in [0.5, 0.6) is 0 Å². The second-order valence-electron chi connectivity index (χ2n) is 5.27. The summed E-state index contributed by atoms with van der Waals surface area (Å²) in [5.74, 6) is 0. The Labute approximate surface area is 91.9 Å². The van der Waals surface area contributed by atoms with Gasteiger partial charge in [0.1, 0.15) is 0 Å². The van der Waals surface area contributed by atoms with Crippen molar-refractivity contribution in [1.29, 1.82) is 0 Å². The summed E-state index contributed by atoms with van der Waals surface area (Å²) in [6.45, 7) is 0.661. The Balaban J connectivity index is 1.76. The van der Waals surface area contributed by atoms with E-state index in [4.69, 9.17) is 0 Å². The van der Waals surface area contributed by atoms with E-state index in [1.54, 1.807) is 0 Å². The predicted molar refractivity (Wildman–Crippen MR) is 59.7 cm³/mol. The molecule has 0 aromatic heterocycles. The van der Waals surface area contributed by atoms with E-state index in [-0.39, 0.29) is 12.1 Å². The van der Waals surface area contributed by atoms with Crippen LogP contribution in [0, 0.1) is 0 Å². The van der Waals surface area contributed by atoms with Crippen LogP contribution < -0.4 is 5.32 Å². The van der Waals surface area contributed by atoms with E-state index < -0.39 is 5.60 Å². The van der Waals surface area contributed by atoms with Crippen LogP contribution in [-0.2, 0) is 0 Å². The monoisotopic (exact) mass is 213 g/mol. The Morgan fingerprint density at radius 2 is 1.80 bits per heavy atom. The van der Waals surface area contributed by atoms with Crippen molar-refractivity contribution in [3.63, 3.8) is 0 Å². The summed E-state index contributed by atoms with van der Waals surface area (Å²) < 4.78 is 0. The molecule has 0 radical (unpaired) electrons. The molecule has 0 saturated heterocycles. The van der Waals surface area contributed by atoms with Gasteiger partial charge < -0.3 is 15.5 Å². The van der Waals surface area contributed by atoms with Crippen molar-refractivity contribution in [1.82, 2.24) is 5.32 Å². The van der Waals surface area contributed by atoms with Crippen molar-refractivity contribution in [2.45, 2.75) is 69.1 Å². The highest BCUT2D eigenvalue weighted by molar-refractivity contribution is 4.91. The van der Waals surface area contributed by atoms with Crippen molar-refractivity contribution in [2.24, 2.45) is 0 Å². The molecular formula is C12H23NO2. The van der Waals surface area contributed by atoms with Gasteiger partial charge in [-0.3, -0.25) is 0 Å². The first-order chi connectivity index (χ1) is 7.20. The lowest BCUT2D eigenvalue weighted by molar-refractivity contribution is -0.0370. The molecule has 2 saturated carbocycles. The standard InChI is InChI=1S/C12H23NO2/c14-11-6-3-1-2-5-10(11)13-9-12(15)7-4-8-12/h10-11,13-15H,1-9H2. The van der Waals surface area contributed by atoms with E-state index in [0.29, 0.717) is 6.54 Å². The number of aliphatic hydroxyl groups is 2.